The summed E-state index contributed by atoms with van der Waals surface area (Å²) in [6, 6.07) is 0. The SMILES string of the molecule is Cc1sc(C)c2c1OC(C)C(C)O2. The van der Waals surface area contributed by atoms with Crippen LogP contribution in [-0.4, -0.2) is 12.2 Å². The van der Waals surface area contributed by atoms with Crippen molar-refractivity contribution in [3.8, 4) is 11.5 Å². The zero-order chi connectivity index (χ0) is 9.59. The minimum Gasteiger partial charge on any atom is -0.482 e. The van der Waals surface area contributed by atoms with Gasteiger partial charge in [-0.1, -0.05) is 0 Å². The third kappa shape index (κ3) is 1.31. The van der Waals surface area contributed by atoms with Gasteiger partial charge in [0.1, 0.15) is 12.2 Å². The third-order valence-electron chi connectivity index (χ3n) is 2.42. The fourth-order valence-electron chi connectivity index (χ4n) is 1.48. The minimum atomic E-state index is 0.153. The number of rotatable bonds is 0. The Bertz CT molecular complexity index is 299. The number of hydrogen-bond acceptors (Lipinski definition) is 3. The standard InChI is InChI=1S/C10H14O2S/c1-5-6(2)12-10-8(4)13-7(3)9(10)11-5/h5-6H,1-4H3. The monoisotopic (exact) mass is 198 g/mol. The highest BCUT2D eigenvalue weighted by molar-refractivity contribution is 7.12. The second-order valence-corrected chi connectivity index (χ2v) is 4.95. The quantitative estimate of drug-likeness (QED) is 0.638. The highest BCUT2D eigenvalue weighted by Crippen LogP contribution is 2.44. The van der Waals surface area contributed by atoms with Gasteiger partial charge in [-0.25, -0.2) is 0 Å². The molecule has 0 bridgehead atoms. The molecule has 0 saturated carbocycles. The molecule has 1 aliphatic heterocycles. The molecule has 3 heteroatoms. The lowest BCUT2D eigenvalue weighted by Gasteiger charge is -2.28. The molecular formula is C10H14O2S. The molecule has 1 aromatic heterocycles. The van der Waals surface area contributed by atoms with Crippen LogP contribution in [0.5, 0.6) is 11.5 Å². The Morgan fingerprint density at radius 2 is 1.31 bits per heavy atom. The molecule has 0 aliphatic carbocycles. The summed E-state index contributed by atoms with van der Waals surface area (Å²) in [7, 11) is 0. The summed E-state index contributed by atoms with van der Waals surface area (Å²) in [6.45, 7) is 8.23. The van der Waals surface area contributed by atoms with Crippen LogP contribution < -0.4 is 9.47 Å². The van der Waals surface area contributed by atoms with E-state index in [-0.39, 0.29) is 12.2 Å². The van der Waals surface area contributed by atoms with Crippen LogP contribution in [0.2, 0.25) is 0 Å². The molecular weight excluding hydrogens is 184 g/mol. The number of fused-ring (bicyclic) bond motifs is 1. The largest absolute Gasteiger partial charge is 0.482 e. The lowest BCUT2D eigenvalue weighted by Crippen LogP contribution is -2.34. The molecule has 0 amide bonds. The molecule has 0 N–H and O–H groups in total. The molecule has 0 aromatic carbocycles. The molecule has 1 aliphatic rings. The van der Waals surface area contributed by atoms with Crippen molar-refractivity contribution in [2.45, 2.75) is 39.9 Å². The highest BCUT2D eigenvalue weighted by atomic mass is 32.1. The summed E-state index contributed by atoms with van der Waals surface area (Å²) in [6.07, 6.45) is 0.306. The summed E-state index contributed by atoms with van der Waals surface area (Å²) < 4.78 is 11.6. The van der Waals surface area contributed by atoms with E-state index in [1.54, 1.807) is 11.3 Å². The average Bonchev–Trinajstić information content (AvgIpc) is 2.31. The maximum Gasteiger partial charge on any atom is 0.175 e. The van der Waals surface area contributed by atoms with Gasteiger partial charge in [0, 0.05) is 9.75 Å². The van der Waals surface area contributed by atoms with Gasteiger partial charge >= 0.3 is 0 Å². The van der Waals surface area contributed by atoms with Gasteiger partial charge in [-0.05, 0) is 27.7 Å². The van der Waals surface area contributed by atoms with Gasteiger partial charge in [0.15, 0.2) is 11.5 Å². The first kappa shape index (κ1) is 8.88. The van der Waals surface area contributed by atoms with Crippen LogP contribution >= 0.6 is 11.3 Å². The summed E-state index contributed by atoms with van der Waals surface area (Å²) >= 11 is 1.74. The summed E-state index contributed by atoms with van der Waals surface area (Å²) in [4.78, 5) is 2.43. The van der Waals surface area contributed by atoms with Crippen molar-refractivity contribution in [2.24, 2.45) is 0 Å². The Hall–Kier alpha value is -0.700. The van der Waals surface area contributed by atoms with Crippen LogP contribution in [0.1, 0.15) is 23.6 Å². The van der Waals surface area contributed by atoms with Crippen LogP contribution in [-0.2, 0) is 0 Å². The molecule has 2 atom stereocenters. The van der Waals surface area contributed by atoms with E-state index in [2.05, 4.69) is 13.8 Å². The van der Waals surface area contributed by atoms with Crippen LogP contribution in [0.15, 0.2) is 0 Å². The molecule has 0 radical (unpaired) electrons. The van der Waals surface area contributed by atoms with Gasteiger partial charge in [-0.2, -0.15) is 0 Å². The van der Waals surface area contributed by atoms with Crippen LogP contribution in [0, 0.1) is 13.8 Å². The van der Waals surface area contributed by atoms with E-state index in [1.807, 2.05) is 13.8 Å². The number of ether oxygens (including phenoxy) is 2. The van der Waals surface area contributed by atoms with Crippen molar-refractivity contribution in [2.75, 3.05) is 0 Å². The Labute approximate surface area is 82.5 Å². The highest BCUT2D eigenvalue weighted by Gasteiger charge is 2.28. The van der Waals surface area contributed by atoms with E-state index in [1.165, 1.54) is 9.75 Å². The first-order valence-electron chi connectivity index (χ1n) is 4.53. The van der Waals surface area contributed by atoms with Crippen molar-refractivity contribution in [1.29, 1.82) is 0 Å². The third-order valence-corrected chi connectivity index (χ3v) is 3.40. The zero-order valence-corrected chi connectivity index (χ0v) is 9.20. The first-order valence-corrected chi connectivity index (χ1v) is 5.34. The average molecular weight is 198 g/mol. The van der Waals surface area contributed by atoms with Crippen LogP contribution in [0.4, 0.5) is 0 Å². The van der Waals surface area contributed by atoms with Crippen molar-refractivity contribution < 1.29 is 9.47 Å². The molecule has 2 unspecified atom stereocenters. The van der Waals surface area contributed by atoms with Crippen molar-refractivity contribution >= 4 is 11.3 Å². The normalized spacial score (nSPS) is 26.2. The maximum atomic E-state index is 5.78. The fourth-order valence-corrected chi connectivity index (χ4v) is 2.40. The fraction of sp³-hybridized carbons (Fsp3) is 0.600. The van der Waals surface area contributed by atoms with E-state index in [4.69, 9.17) is 9.47 Å². The van der Waals surface area contributed by atoms with Crippen LogP contribution in [0.25, 0.3) is 0 Å². The lowest BCUT2D eigenvalue weighted by atomic mass is 10.2. The summed E-state index contributed by atoms with van der Waals surface area (Å²) in [5.74, 6) is 1.90. The number of thiophene rings is 1. The summed E-state index contributed by atoms with van der Waals surface area (Å²) in [5.41, 5.74) is 0. The van der Waals surface area contributed by atoms with Crippen molar-refractivity contribution in [3.05, 3.63) is 9.75 Å². The number of aryl methyl sites for hydroxylation is 2. The van der Waals surface area contributed by atoms with Crippen LogP contribution in [0.3, 0.4) is 0 Å². The molecule has 1 aromatic rings. The van der Waals surface area contributed by atoms with Gasteiger partial charge < -0.3 is 9.47 Å². The van der Waals surface area contributed by atoms with E-state index >= 15 is 0 Å². The second-order valence-electron chi connectivity index (χ2n) is 3.52. The lowest BCUT2D eigenvalue weighted by molar-refractivity contribution is 0.0430. The molecule has 0 spiro atoms. The van der Waals surface area contributed by atoms with E-state index in [0.29, 0.717) is 0 Å². The van der Waals surface area contributed by atoms with Gasteiger partial charge in [0.2, 0.25) is 0 Å². The molecule has 2 heterocycles. The van der Waals surface area contributed by atoms with Crippen molar-refractivity contribution in [3.63, 3.8) is 0 Å². The second kappa shape index (κ2) is 2.91. The Morgan fingerprint density at radius 1 is 0.923 bits per heavy atom. The van der Waals surface area contributed by atoms with Gasteiger partial charge in [-0.3, -0.25) is 0 Å². The number of hydrogen-bond donors (Lipinski definition) is 0. The van der Waals surface area contributed by atoms with Gasteiger partial charge in [0.25, 0.3) is 0 Å². The first-order chi connectivity index (χ1) is 6.09. The van der Waals surface area contributed by atoms with E-state index in [9.17, 15) is 0 Å². The minimum absolute atomic E-state index is 0.153. The van der Waals surface area contributed by atoms with Gasteiger partial charge in [-0.15, -0.1) is 11.3 Å². The van der Waals surface area contributed by atoms with Crippen molar-refractivity contribution in [1.82, 2.24) is 0 Å². The smallest absolute Gasteiger partial charge is 0.175 e. The Morgan fingerprint density at radius 3 is 1.69 bits per heavy atom. The molecule has 0 fully saturated rings. The Kier molecular flexibility index (Phi) is 1.99. The van der Waals surface area contributed by atoms with E-state index in [0.717, 1.165) is 11.5 Å². The molecule has 2 nitrogen and oxygen atoms in total. The predicted molar refractivity (Wildman–Crippen MR) is 54.0 cm³/mol. The van der Waals surface area contributed by atoms with Gasteiger partial charge in [0.05, 0.1) is 0 Å². The Balaban J connectivity index is 2.44. The predicted octanol–water partition coefficient (Wildman–Crippen LogP) is 2.91. The summed E-state index contributed by atoms with van der Waals surface area (Å²) in [5, 5.41) is 0. The molecule has 2 rings (SSSR count). The maximum absolute atomic E-state index is 5.78. The topological polar surface area (TPSA) is 18.5 Å². The molecule has 72 valence electrons. The molecule has 0 saturated heterocycles. The molecule has 13 heavy (non-hydrogen) atoms. The van der Waals surface area contributed by atoms with E-state index < -0.39 is 0 Å². The zero-order valence-electron chi connectivity index (χ0n) is 8.38.